The highest BCUT2D eigenvalue weighted by molar-refractivity contribution is 6.25. The first kappa shape index (κ1) is 36.1. The zero-order valence-electron chi connectivity index (χ0n) is 34.7. The van der Waals surface area contributed by atoms with E-state index in [2.05, 4.69) is 240 Å². The van der Waals surface area contributed by atoms with Crippen LogP contribution >= 0.6 is 0 Å². The number of rotatable bonds is 7. The molecule has 0 saturated carbocycles. The summed E-state index contributed by atoms with van der Waals surface area (Å²) in [5, 5.41) is 9.29. The van der Waals surface area contributed by atoms with Crippen molar-refractivity contribution in [2.24, 2.45) is 0 Å². The van der Waals surface area contributed by atoms with Crippen LogP contribution in [0.15, 0.2) is 235 Å². The summed E-state index contributed by atoms with van der Waals surface area (Å²) < 4.78 is 13.6. The lowest BCUT2D eigenvalue weighted by Crippen LogP contribution is -2.10. The number of furan rings is 1. The van der Waals surface area contributed by atoms with Crippen molar-refractivity contribution in [2.45, 2.75) is 0 Å². The van der Waals surface area contributed by atoms with E-state index in [1.807, 2.05) is 0 Å². The van der Waals surface area contributed by atoms with Crippen LogP contribution in [0.25, 0.3) is 76.5 Å². The molecule has 0 saturated heterocycles. The molecule has 1 aliphatic heterocycles. The molecule has 0 bridgehead atoms. The van der Waals surface area contributed by atoms with Crippen molar-refractivity contribution in [3.05, 3.63) is 231 Å². The molecule has 0 atom stereocenters. The lowest BCUT2D eigenvalue weighted by atomic mass is 9.86. The normalized spacial score (nSPS) is 11.9. The monoisotopic (exact) mass is 818 g/mol. The standard InChI is InChI=1S/C60H38N2O2/c1-5-16-40(17-6-1)61(41-18-7-2-8-19-41)44-29-32-49-48-31-28-39(34-57(48)64-58(49)35-44)52-37-54-51-26-15-27-56-60(51)55(38-53(54)47-25-14-13-24-46(47)52)50-33-30-45(36-59(50)63-56)62(42-20-9-3-10-21-42)43-22-11-4-12-23-43/h1-38H. The number of benzene rings is 11. The number of anilines is 6. The Bertz CT molecular complexity index is 3670. The topological polar surface area (TPSA) is 28.9 Å². The molecule has 0 amide bonds. The second-order valence-corrected chi connectivity index (χ2v) is 16.5. The Morgan fingerprint density at radius 1 is 0.266 bits per heavy atom. The first-order valence-electron chi connectivity index (χ1n) is 21.7. The maximum Gasteiger partial charge on any atom is 0.137 e. The predicted molar refractivity (Wildman–Crippen MR) is 267 cm³/mol. The lowest BCUT2D eigenvalue weighted by molar-refractivity contribution is 0.487. The van der Waals surface area contributed by atoms with E-state index in [9.17, 15) is 0 Å². The molecule has 11 aromatic carbocycles. The summed E-state index contributed by atoms with van der Waals surface area (Å²) in [6, 6.07) is 81.8. The Labute approximate surface area is 370 Å². The number of para-hydroxylation sites is 4. The molecule has 2 heterocycles. The quantitative estimate of drug-likeness (QED) is 0.150. The third-order valence-electron chi connectivity index (χ3n) is 12.8. The molecule has 300 valence electrons. The van der Waals surface area contributed by atoms with Gasteiger partial charge in [-0.05, 0) is 147 Å². The summed E-state index contributed by atoms with van der Waals surface area (Å²) in [5.74, 6) is 1.70. The van der Waals surface area contributed by atoms with Gasteiger partial charge >= 0.3 is 0 Å². The van der Waals surface area contributed by atoms with Gasteiger partial charge in [-0.15, -0.1) is 0 Å². The molecular weight excluding hydrogens is 781 g/mol. The summed E-state index contributed by atoms with van der Waals surface area (Å²) in [7, 11) is 0. The highest BCUT2D eigenvalue weighted by Crippen LogP contribution is 2.52. The first-order valence-corrected chi connectivity index (χ1v) is 21.7. The van der Waals surface area contributed by atoms with Crippen molar-refractivity contribution < 1.29 is 9.15 Å². The minimum absolute atomic E-state index is 0.841. The van der Waals surface area contributed by atoms with Gasteiger partial charge in [0.05, 0.1) is 0 Å². The molecule has 0 N–H and O–H groups in total. The molecule has 0 fully saturated rings. The van der Waals surface area contributed by atoms with E-state index in [-0.39, 0.29) is 0 Å². The molecular formula is C60H38N2O2. The summed E-state index contributed by atoms with van der Waals surface area (Å²) in [6.45, 7) is 0. The van der Waals surface area contributed by atoms with Gasteiger partial charge in [-0.2, -0.15) is 0 Å². The first-order chi connectivity index (χ1) is 31.7. The highest BCUT2D eigenvalue weighted by atomic mass is 16.5. The summed E-state index contributed by atoms with van der Waals surface area (Å²) in [5.41, 5.74) is 12.7. The predicted octanol–water partition coefficient (Wildman–Crippen LogP) is 17.4. The van der Waals surface area contributed by atoms with Crippen molar-refractivity contribution in [3.8, 4) is 33.8 Å². The smallest absolute Gasteiger partial charge is 0.137 e. The van der Waals surface area contributed by atoms with Crippen LogP contribution in [0.3, 0.4) is 0 Å². The van der Waals surface area contributed by atoms with Crippen LogP contribution in [-0.4, -0.2) is 0 Å². The van der Waals surface area contributed by atoms with Gasteiger partial charge in [-0.25, -0.2) is 0 Å². The maximum atomic E-state index is 6.87. The van der Waals surface area contributed by atoms with Crippen molar-refractivity contribution in [1.82, 2.24) is 0 Å². The number of hydrogen-bond donors (Lipinski definition) is 0. The van der Waals surface area contributed by atoms with Gasteiger partial charge < -0.3 is 19.0 Å². The largest absolute Gasteiger partial charge is 0.456 e. The van der Waals surface area contributed by atoms with E-state index in [0.717, 1.165) is 89.6 Å². The molecule has 0 unspecified atom stereocenters. The molecule has 0 aliphatic carbocycles. The Balaban J connectivity index is 0.943. The number of nitrogens with zero attached hydrogens (tertiary/aromatic N) is 2. The van der Waals surface area contributed by atoms with E-state index in [1.54, 1.807) is 0 Å². The van der Waals surface area contributed by atoms with Gasteiger partial charge in [0.25, 0.3) is 0 Å². The van der Waals surface area contributed by atoms with Gasteiger partial charge in [0.1, 0.15) is 22.7 Å². The molecule has 12 aromatic rings. The van der Waals surface area contributed by atoms with Crippen LogP contribution in [-0.2, 0) is 0 Å². The van der Waals surface area contributed by atoms with Crippen LogP contribution in [0.1, 0.15) is 0 Å². The Hall–Kier alpha value is -8.60. The minimum atomic E-state index is 0.841. The molecule has 1 aromatic heterocycles. The van der Waals surface area contributed by atoms with Gasteiger partial charge in [-0.1, -0.05) is 115 Å². The third kappa shape index (κ3) is 5.77. The Kier molecular flexibility index (Phi) is 8.18. The van der Waals surface area contributed by atoms with E-state index in [0.29, 0.717) is 0 Å². The van der Waals surface area contributed by atoms with Crippen LogP contribution < -0.4 is 14.5 Å². The zero-order chi connectivity index (χ0) is 42.1. The van der Waals surface area contributed by atoms with E-state index in [4.69, 9.17) is 9.15 Å². The van der Waals surface area contributed by atoms with Crippen LogP contribution in [0, 0.1) is 0 Å². The second-order valence-electron chi connectivity index (χ2n) is 16.5. The van der Waals surface area contributed by atoms with Gasteiger partial charge in [0.2, 0.25) is 0 Å². The maximum absolute atomic E-state index is 6.87. The van der Waals surface area contributed by atoms with E-state index < -0.39 is 0 Å². The van der Waals surface area contributed by atoms with Crippen LogP contribution in [0.2, 0.25) is 0 Å². The fourth-order valence-corrected chi connectivity index (χ4v) is 9.91. The highest BCUT2D eigenvalue weighted by Gasteiger charge is 2.25. The number of fused-ring (bicyclic) bond motifs is 9. The minimum Gasteiger partial charge on any atom is -0.456 e. The van der Waals surface area contributed by atoms with Crippen molar-refractivity contribution in [2.75, 3.05) is 9.80 Å². The fourth-order valence-electron chi connectivity index (χ4n) is 9.91. The molecule has 0 spiro atoms. The number of ether oxygens (including phenoxy) is 1. The summed E-state index contributed by atoms with van der Waals surface area (Å²) in [4.78, 5) is 4.55. The third-order valence-corrected chi connectivity index (χ3v) is 12.8. The average Bonchev–Trinajstić information content (AvgIpc) is 3.72. The van der Waals surface area contributed by atoms with Crippen LogP contribution in [0.4, 0.5) is 34.1 Å². The molecule has 4 nitrogen and oxygen atoms in total. The van der Waals surface area contributed by atoms with Gasteiger partial charge in [0, 0.05) is 68.0 Å². The fraction of sp³-hybridized carbons (Fsp3) is 0. The molecule has 0 radical (unpaired) electrons. The van der Waals surface area contributed by atoms with Crippen molar-refractivity contribution in [1.29, 1.82) is 0 Å². The Morgan fingerprint density at radius 3 is 1.41 bits per heavy atom. The Morgan fingerprint density at radius 2 is 0.766 bits per heavy atom. The molecule has 1 aliphatic rings. The molecule has 4 heteroatoms. The van der Waals surface area contributed by atoms with Gasteiger partial charge in [-0.3, -0.25) is 0 Å². The summed E-state index contributed by atoms with van der Waals surface area (Å²) >= 11 is 0. The summed E-state index contributed by atoms with van der Waals surface area (Å²) in [6.07, 6.45) is 0. The second kappa shape index (κ2) is 14.5. The molecule has 13 rings (SSSR count). The zero-order valence-corrected chi connectivity index (χ0v) is 34.7. The lowest BCUT2D eigenvalue weighted by Gasteiger charge is -2.28. The van der Waals surface area contributed by atoms with E-state index >= 15 is 0 Å². The van der Waals surface area contributed by atoms with E-state index in [1.165, 1.54) is 32.5 Å². The SMILES string of the molecule is c1ccc(N(c2ccccc2)c2ccc3c(c2)Oc2cccc4c2c-3cc2c3ccccc3c(-c3ccc5c(c3)oc3cc(N(c6ccccc6)c6ccccc6)ccc35)cc42)cc1. The van der Waals surface area contributed by atoms with Crippen LogP contribution in [0.5, 0.6) is 11.5 Å². The van der Waals surface area contributed by atoms with Crippen molar-refractivity contribution >= 4 is 88.4 Å². The molecule has 64 heavy (non-hydrogen) atoms. The van der Waals surface area contributed by atoms with Gasteiger partial charge in [0.15, 0.2) is 0 Å². The van der Waals surface area contributed by atoms with Crippen molar-refractivity contribution in [3.63, 3.8) is 0 Å². The number of hydrogen-bond acceptors (Lipinski definition) is 4. The average molecular weight is 819 g/mol.